The van der Waals surface area contributed by atoms with E-state index in [0.29, 0.717) is 5.41 Å². The Kier molecular flexibility index (Phi) is 1.64. The Hall–Kier alpha value is -0.910. The van der Waals surface area contributed by atoms with Crippen molar-refractivity contribution in [2.45, 2.75) is 32.1 Å². The molecule has 1 aromatic rings. The molecule has 1 aromatic carbocycles. The lowest BCUT2D eigenvalue weighted by Gasteiger charge is -2.15. The highest BCUT2D eigenvalue weighted by molar-refractivity contribution is 5.35. The van der Waals surface area contributed by atoms with Gasteiger partial charge < -0.3 is 0 Å². The Morgan fingerprint density at radius 2 is 1.67 bits per heavy atom. The van der Waals surface area contributed by atoms with E-state index in [0.717, 1.165) is 0 Å². The minimum atomic E-state index is 0.321. The van der Waals surface area contributed by atoms with Gasteiger partial charge in [-0.3, -0.25) is 0 Å². The Morgan fingerprint density at radius 3 is 2.17 bits per heavy atom. The molecule has 1 saturated carbocycles. The maximum absolute atomic E-state index is 2.32. The summed E-state index contributed by atoms with van der Waals surface area (Å²) in [5.41, 5.74) is 1.78. The van der Waals surface area contributed by atoms with E-state index >= 15 is 0 Å². The van der Waals surface area contributed by atoms with E-state index in [2.05, 4.69) is 44.2 Å². The van der Waals surface area contributed by atoms with Crippen LogP contribution in [0.5, 0.6) is 0 Å². The lowest BCUT2D eigenvalue weighted by Crippen LogP contribution is -2.17. The molecule has 0 bridgehead atoms. The molecular formula is C12H15+. The third kappa shape index (κ3) is 1.22. The van der Waals surface area contributed by atoms with Crippen LogP contribution in [-0.2, 0) is 5.41 Å². The van der Waals surface area contributed by atoms with Gasteiger partial charge in [0.15, 0.2) is 0 Å². The quantitative estimate of drug-likeness (QED) is 0.581. The predicted octanol–water partition coefficient (Wildman–Crippen LogP) is 3.33. The molecule has 1 aliphatic rings. The summed E-state index contributed by atoms with van der Waals surface area (Å²) in [6.45, 7) is 4.65. The van der Waals surface area contributed by atoms with Crippen molar-refractivity contribution in [3.8, 4) is 0 Å². The SMILES string of the molecule is CC(C)(c1ccccc1)[C+]1CC1. The molecule has 0 radical (unpaired) electrons. The van der Waals surface area contributed by atoms with Gasteiger partial charge in [-0.25, -0.2) is 0 Å². The second-order valence-corrected chi connectivity index (χ2v) is 4.09. The summed E-state index contributed by atoms with van der Waals surface area (Å²) in [4.78, 5) is 0. The number of rotatable bonds is 2. The summed E-state index contributed by atoms with van der Waals surface area (Å²) in [6.07, 6.45) is 2.67. The predicted molar refractivity (Wildman–Crippen MR) is 51.9 cm³/mol. The van der Waals surface area contributed by atoms with Crippen LogP contribution in [0, 0.1) is 5.92 Å². The van der Waals surface area contributed by atoms with Crippen LogP contribution >= 0.6 is 0 Å². The van der Waals surface area contributed by atoms with E-state index in [4.69, 9.17) is 0 Å². The minimum absolute atomic E-state index is 0.321. The molecule has 0 N–H and O–H groups in total. The van der Waals surface area contributed by atoms with Gasteiger partial charge in [-0.15, -0.1) is 0 Å². The van der Waals surface area contributed by atoms with Crippen molar-refractivity contribution < 1.29 is 0 Å². The highest BCUT2D eigenvalue weighted by atomic mass is 14.4. The first-order valence-electron chi connectivity index (χ1n) is 4.62. The summed E-state index contributed by atoms with van der Waals surface area (Å²) in [6, 6.07) is 10.8. The summed E-state index contributed by atoms with van der Waals surface area (Å²) in [7, 11) is 0. The lowest BCUT2D eigenvalue weighted by molar-refractivity contribution is 0.597. The molecule has 0 atom stereocenters. The van der Waals surface area contributed by atoms with Crippen molar-refractivity contribution in [1.29, 1.82) is 0 Å². The number of hydrogen-bond acceptors (Lipinski definition) is 0. The normalized spacial score (nSPS) is 16.3. The molecule has 0 heteroatoms. The highest BCUT2D eigenvalue weighted by Crippen LogP contribution is 2.48. The second kappa shape index (κ2) is 2.55. The molecule has 2 rings (SSSR count). The monoisotopic (exact) mass is 159 g/mol. The van der Waals surface area contributed by atoms with Gasteiger partial charge >= 0.3 is 0 Å². The molecule has 12 heavy (non-hydrogen) atoms. The van der Waals surface area contributed by atoms with Gasteiger partial charge in [0.1, 0.15) is 24.2 Å². The van der Waals surface area contributed by atoms with Crippen LogP contribution in [0.1, 0.15) is 32.3 Å². The minimum Gasteiger partial charge on any atom is -0.0622 e. The maximum Gasteiger partial charge on any atom is 0.131 e. The average molecular weight is 159 g/mol. The first kappa shape index (κ1) is 7.72. The molecule has 0 amide bonds. The fourth-order valence-corrected chi connectivity index (χ4v) is 1.75. The van der Waals surface area contributed by atoms with E-state index in [1.807, 2.05) is 0 Å². The Labute approximate surface area is 74.6 Å². The maximum atomic E-state index is 2.32. The average Bonchev–Trinajstić information content (AvgIpc) is 2.88. The zero-order chi connectivity index (χ0) is 8.60. The van der Waals surface area contributed by atoms with E-state index in [-0.39, 0.29) is 0 Å². The summed E-state index contributed by atoms with van der Waals surface area (Å²) >= 11 is 0. The highest BCUT2D eigenvalue weighted by Gasteiger charge is 2.51. The van der Waals surface area contributed by atoms with Crippen LogP contribution in [0.25, 0.3) is 0 Å². The van der Waals surface area contributed by atoms with Crippen molar-refractivity contribution >= 4 is 0 Å². The largest absolute Gasteiger partial charge is 0.131 e. The van der Waals surface area contributed by atoms with Crippen LogP contribution in [-0.4, -0.2) is 0 Å². The molecule has 0 heterocycles. The molecule has 0 saturated heterocycles. The molecule has 62 valence electrons. The summed E-state index contributed by atoms with van der Waals surface area (Å²) in [5.74, 6) is 1.70. The Balaban J connectivity index is 2.28. The molecule has 1 fully saturated rings. The molecule has 0 aliphatic heterocycles. The fraction of sp³-hybridized carbons (Fsp3) is 0.417. The first-order chi connectivity index (χ1) is 5.71. The first-order valence-corrected chi connectivity index (χ1v) is 4.62. The molecule has 1 aliphatic carbocycles. The fourth-order valence-electron chi connectivity index (χ4n) is 1.75. The molecule has 0 spiro atoms. The van der Waals surface area contributed by atoms with Crippen molar-refractivity contribution in [3.63, 3.8) is 0 Å². The third-order valence-electron chi connectivity index (χ3n) is 2.88. The van der Waals surface area contributed by atoms with Gasteiger partial charge in [0.2, 0.25) is 0 Å². The van der Waals surface area contributed by atoms with Crippen molar-refractivity contribution in [1.82, 2.24) is 0 Å². The van der Waals surface area contributed by atoms with Crippen molar-refractivity contribution in [2.75, 3.05) is 0 Å². The van der Waals surface area contributed by atoms with E-state index in [1.54, 1.807) is 5.92 Å². The van der Waals surface area contributed by atoms with E-state index < -0.39 is 0 Å². The third-order valence-corrected chi connectivity index (χ3v) is 2.88. The zero-order valence-electron chi connectivity index (χ0n) is 7.80. The standard InChI is InChI=1S/C12H15/c1-12(2,11-8-9-11)10-6-4-3-5-7-10/h3-7H,8-9H2,1-2H3/q+1. The van der Waals surface area contributed by atoms with Crippen molar-refractivity contribution in [2.24, 2.45) is 0 Å². The smallest absolute Gasteiger partial charge is 0.0622 e. The topological polar surface area (TPSA) is 0 Å². The van der Waals surface area contributed by atoms with Crippen molar-refractivity contribution in [3.05, 3.63) is 41.8 Å². The van der Waals surface area contributed by atoms with Crippen LogP contribution in [0.2, 0.25) is 0 Å². The number of benzene rings is 1. The zero-order valence-corrected chi connectivity index (χ0v) is 7.80. The van der Waals surface area contributed by atoms with E-state index in [9.17, 15) is 0 Å². The van der Waals surface area contributed by atoms with Crippen LogP contribution in [0.4, 0.5) is 0 Å². The van der Waals surface area contributed by atoms with Crippen LogP contribution in [0.15, 0.2) is 30.3 Å². The van der Waals surface area contributed by atoms with Gasteiger partial charge in [-0.2, -0.15) is 0 Å². The molecule has 0 nitrogen and oxygen atoms in total. The molecular weight excluding hydrogens is 144 g/mol. The van der Waals surface area contributed by atoms with Gasteiger partial charge in [0, 0.05) is 5.56 Å². The van der Waals surface area contributed by atoms with Gasteiger partial charge in [0.05, 0.1) is 0 Å². The van der Waals surface area contributed by atoms with E-state index in [1.165, 1.54) is 18.4 Å². The molecule has 0 unspecified atom stereocenters. The summed E-state index contributed by atoms with van der Waals surface area (Å²) in [5, 5.41) is 0. The van der Waals surface area contributed by atoms with Gasteiger partial charge in [0.25, 0.3) is 0 Å². The lowest BCUT2D eigenvalue weighted by atomic mass is 9.80. The van der Waals surface area contributed by atoms with Gasteiger partial charge in [-0.05, 0) is 13.8 Å². The van der Waals surface area contributed by atoms with Crippen LogP contribution < -0.4 is 0 Å². The number of hydrogen-bond donors (Lipinski definition) is 0. The Bertz CT molecular complexity index is 255. The second-order valence-electron chi connectivity index (χ2n) is 4.09. The molecule has 0 aromatic heterocycles. The van der Waals surface area contributed by atoms with Crippen LogP contribution in [0.3, 0.4) is 0 Å². The van der Waals surface area contributed by atoms with Gasteiger partial charge in [-0.1, -0.05) is 30.3 Å². The summed E-state index contributed by atoms with van der Waals surface area (Å²) < 4.78 is 0. The Morgan fingerprint density at radius 1 is 1.08 bits per heavy atom.